The molecule has 0 aliphatic rings. The fourth-order valence-electron chi connectivity index (χ4n) is 1.83. The number of hydrogen-bond acceptors (Lipinski definition) is 1. The molecule has 0 aliphatic carbocycles. The molecular weight excluding hydrogens is 323 g/mol. The van der Waals surface area contributed by atoms with E-state index in [0.717, 1.165) is 17.0 Å². The molecule has 0 bridgehead atoms. The number of fused-ring (bicyclic) bond motifs is 1. The van der Waals surface area contributed by atoms with Gasteiger partial charge in [-0.2, -0.15) is 0 Å². The lowest BCUT2D eigenvalue weighted by Gasteiger charge is -2.03. The van der Waals surface area contributed by atoms with Crippen molar-refractivity contribution in [1.29, 1.82) is 0 Å². The van der Waals surface area contributed by atoms with Crippen LogP contribution in [0, 0.1) is 3.57 Å². The van der Waals surface area contributed by atoms with Gasteiger partial charge in [0.1, 0.15) is 5.82 Å². The summed E-state index contributed by atoms with van der Waals surface area (Å²) >= 11 is 2.30. The zero-order chi connectivity index (χ0) is 11.7. The monoisotopic (exact) mass is 334 g/mol. The third-order valence-corrected chi connectivity index (χ3v) is 3.37. The highest BCUT2D eigenvalue weighted by atomic mass is 127. The maximum Gasteiger partial charge on any atom is 0.108 e. The van der Waals surface area contributed by atoms with Crippen LogP contribution in [0.15, 0.2) is 54.6 Å². The number of halogens is 1. The fourth-order valence-corrected chi connectivity index (χ4v) is 2.19. The van der Waals surface area contributed by atoms with Crippen molar-refractivity contribution >= 4 is 45.0 Å². The van der Waals surface area contributed by atoms with Crippen molar-refractivity contribution < 1.29 is 0 Å². The van der Waals surface area contributed by atoms with Crippen molar-refractivity contribution in [3.63, 3.8) is 0 Å². The Balaban J connectivity index is 1.92. The highest BCUT2D eigenvalue weighted by Crippen LogP contribution is 2.22. The molecule has 0 atom stereocenters. The number of nitrogens with one attached hydrogen (secondary N) is 2. The Hall–Kier alpha value is -1.49. The van der Waals surface area contributed by atoms with E-state index in [0.29, 0.717) is 0 Å². The average molecular weight is 334 g/mol. The molecule has 0 aliphatic heterocycles. The summed E-state index contributed by atoms with van der Waals surface area (Å²) in [6.07, 6.45) is 0. The molecule has 2 aromatic carbocycles. The molecule has 0 fully saturated rings. The van der Waals surface area contributed by atoms with Crippen LogP contribution in [0.2, 0.25) is 0 Å². The first kappa shape index (κ1) is 10.7. The van der Waals surface area contributed by atoms with Gasteiger partial charge in [0.15, 0.2) is 0 Å². The number of H-pyrrole nitrogens is 1. The first-order valence-corrected chi connectivity index (χ1v) is 6.49. The minimum absolute atomic E-state index is 1.02. The van der Waals surface area contributed by atoms with E-state index in [4.69, 9.17) is 0 Å². The number of aromatic nitrogens is 1. The van der Waals surface area contributed by atoms with E-state index in [-0.39, 0.29) is 0 Å². The third-order valence-electron chi connectivity index (χ3n) is 2.65. The Morgan fingerprint density at radius 1 is 0.941 bits per heavy atom. The molecule has 0 unspecified atom stereocenters. The number of rotatable bonds is 2. The number of anilines is 2. The highest BCUT2D eigenvalue weighted by Gasteiger charge is 1.99. The van der Waals surface area contributed by atoms with Crippen LogP contribution in [-0.2, 0) is 0 Å². The van der Waals surface area contributed by atoms with Crippen LogP contribution in [-0.4, -0.2) is 4.98 Å². The van der Waals surface area contributed by atoms with Crippen molar-refractivity contribution in [2.24, 2.45) is 0 Å². The highest BCUT2D eigenvalue weighted by molar-refractivity contribution is 14.1. The standard InChI is InChI=1S/C14H11IN2/c15-11-5-7-12(8-6-11)16-14-9-10-3-1-2-4-13(10)17-14/h1-9,16-17H. The van der Waals surface area contributed by atoms with E-state index in [9.17, 15) is 0 Å². The Morgan fingerprint density at radius 2 is 1.71 bits per heavy atom. The smallest absolute Gasteiger partial charge is 0.108 e. The molecule has 2 N–H and O–H groups in total. The summed E-state index contributed by atoms with van der Waals surface area (Å²) in [5, 5.41) is 4.58. The molecule has 0 saturated carbocycles. The molecule has 3 heteroatoms. The number of benzene rings is 2. The van der Waals surface area contributed by atoms with Crippen LogP contribution in [0.1, 0.15) is 0 Å². The van der Waals surface area contributed by atoms with Crippen LogP contribution in [0.5, 0.6) is 0 Å². The molecule has 0 spiro atoms. The van der Waals surface area contributed by atoms with Crippen LogP contribution in [0.4, 0.5) is 11.5 Å². The van der Waals surface area contributed by atoms with E-state index >= 15 is 0 Å². The van der Waals surface area contributed by atoms with Crippen LogP contribution in [0.25, 0.3) is 10.9 Å². The molecular formula is C14H11IN2. The Bertz CT molecular complexity index is 608. The largest absolute Gasteiger partial charge is 0.342 e. The summed E-state index contributed by atoms with van der Waals surface area (Å²) in [6.45, 7) is 0. The average Bonchev–Trinajstić information content (AvgIpc) is 2.74. The molecule has 1 aromatic heterocycles. The minimum Gasteiger partial charge on any atom is -0.342 e. The zero-order valence-electron chi connectivity index (χ0n) is 9.07. The van der Waals surface area contributed by atoms with Gasteiger partial charge in [0.05, 0.1) is 0 Å². The Labute approximate surface area is 113 Å². The molecule has 17 heavy (non-hydrogen) atoms. The van der Waals surface area contributed by atoms with Crippen LogP contribution in [0.3, 0.4) is 0 Å². The normalized spacial score (nSPS) is 10.6. The summed E-state index contributed by atoms with van der Waals surface area (Å²) in [7, 11) is 0. The van der Waals surface area contributed by atoms with E-state index in [2.05, 4.69) is 75.4 Å². The van der Waals surface area contributed by atoms with Crippen molar-refractivity contribution in [1.82, 2.24) is 4.98 Å². The number of hydrogen-bond donors (Lipinski definition) is 2. The van der Waals surface area contributed by atoms with E-state index in [1.54, 1.807) is 0 Å². The van der Waals surface area contributed by atoms with E-state index in [1.807, 2.05) is 12.1 Å². The van der Waals surface area contributed by atoms with E-state index in [1.165, 1.54) is 8.96 Å². The Kier molecular flexibility index (Phi) is 2.76. The SMILES string of the molecule is Ic1ccc(Nc2cc3ccccc3[nH]2)cc1. The fraction of sp³-hybridized carbons (Fsp3) is 0. The van der Waals surface area contributed by atoms with Crippen molar-refractivity contribution in [3.05, 3.63) is 58.2 Å². The molecule has 3 aromatic rings. The van der Waals surface area contributed by atoms with Gasteiger partial charge in [0.2, 0.25) is 0 Å². The molecule has 84 valence electrons. The Morgan fingerprint density at radius 3 is 2.47 bits per heavy atom. The summed E-state index contributed by atoms with van der Waals surface area (Å²) in [5.74, 6) is 1.02. The first-order valence-electron chi connectivity index (χ1n) is 5.42. The van der Waals surface area contributed by atoms with Gasteiger partial charge in [-0.1, -0.05) is 18.2 Å². The lowest BCUT2D eigenvalue weighted by atomic mass is 10.2. The van der Waals surface area contributed by atoms with Crippen LogP contribution >= 0.6 is 22.6 Å². The zero-order valence-corrected chi connectivity index (χ0v) is 11.2. The molecule has 1 heterocycles. The van der Waals surface area contributed by atoms with Gasteiger partial charge in [0, 0.05) is 20.2 Å². The summed E-state index contributed by atoms with van der Waals surface area (Å²) in [5.41, 5.74) is 2.25. The summed E-state index contributed by atoms with van der Waals surface area (Å²) in [4.78, 5) is 3.35. The topological polar surface area (TPSA) is 27.8 Å². The number of aromatic amines is 1. The van der Waals surface area contributed by atoms with Gasteiger partial charge in [-0.3, -0.25) is 0 Å². The second-order valence-corrected chi connectivity index (χ2v) is 5.15. The van der Waals surface area contributed by atoms with Gasteiger partial charge in [-0.25, -0.2) is 0 Å². The quantitative estimate of drug-likeness (QED) is 0.663. The minimum atomic E-state index is 1.02. The maximum atomic E-state index is 3.36. The lowest BCUT2D eigenvalue weighted by molar-refractivity contribution is 1.42. The predicted octanol–water partition coefficient (Wildman–Crippen LogP) is 4.52. The molecule has 2 nitrogen and oxygen atoms in total. The summed E-state index contributed by atoms with van der Waals surface area (Å²) < 4.78 is 1.24. The molecule has 3 rings (SSSR count). The molecule has 0 amide bonds. The van der Waals surface area contributed by atoms with Crippen molar-refractivity contribution in [2.75, 3.05) is 5.32 Å². The van der Waals surface area contributed by atoms with Gasteiger partial charge in [-0.05, 0) is 59.0 Å². The second kappa shape index (κ2) is 4.41. The number of para-hydroxylation sites is 1. The van der Waals surface area contributed by atoms with Crippen molar-refractivity contribution in [3.8, 4) is 0 Å². The lowest BCUT2D eigenvalue weighted by Crippen LogP contribution is -1.89. The molecule has 0 radical (unpaired) electrons. The van der Waals surface area contributed by atoms with Gasteiger partial charge >= 0.3 is 0 Å². The molecule has 0 saturated heterocycles. The van der Waals surface area contributed by atoms with Gasteiger partial charge in [-0.15, -0.1) is 0 Å². The predicted molar refractivity (Wildman–Crippen MR) is 80.7 cm³/mol. The van der Waals surface area contributed by atoms with Crippen LogP contribution < -0.4 is 5.32 Å². The van der Waals surface area contributed by atoms with Crippen molar-refractivity contribution in [2.45, 2.75) is 0 Å². The summed E-state index contributed by atoms with van der Waals surface area (Å²) in [6, 6.07) is 18.7. The van der Waals surface area contributed by atoms with E-state index < -0.39 is 0 Å². The maximum absolute atomic E-state index is 3.36. The first-order chi connectivity index (χ1) is 8.31. The second-order valence-electron chi connectivity index (χ2n) is 3.90. The van der Waals surface area contributed by atoms with Gasteiger partial charge in [0.25, 0.3) is 0 Å². The third kappa shape index (κ3) is 2.29. The van der Waals surface area contributed by atoms with Gasteiger partial charge < -0.3 is 10.3 Å².